The van der Waals surface area contributed by atoms with Crippen molar-refractivity contribution in [1.82, 2.24) is 4.90 Å². The fourth-order valence-electron chi connectivity index (χ4n) is 2.81. The van der Waals surface area contributed by atoms with Crippen LogP contribution in [0.25, 0.3) is 0 Å². The highest BCUT2D eigenvalue weighted by molar-refractivity contribution is 6.32. The quantitative estimate of drug-likeness (QED) is 0.796. The summed E-state index contributed by atoms with van der Waals surface area (Å²) in [7, 11) is 1.43. The maximum atomic E-state index is 12.8. The number of nitrogens with two attached hydrogens (primary N) is 2. The van der Waals surface area contributed by atoms with Crippen LogP contribution in [0.2, 0.25) is 5.02 Å². The van der Waals surface area contributed by atoms with Crippen LogP contribution in [-0.2, 0) is 4.79 Å². The molecule has 1 saturated heterocycles. The summed E-state index contributed by atoms with van der Waals surface area (Å²) in [5, 5.41) is 0.181. The predicted octanol–water partition coefficient (Wildman–Crippen LogP) is 1.17. The van der Waals surface area contributed by atoms with Crippen molar-refractivity contribution >= 4 is 23.4 Å². The average molecular weight is 356 g/mol. The summed E-state index contributed by atoms with van der Waals surface area (Å²) >= 11 is 6.20. The molecule has 1 heterocycles. The molecule has 1 aromatic rings. The molecule has 24 heavy (non-hydrogen) atoms. The summed E-state index contributed by atoms with van der Waals surface area (Å²) in [6.45, 7) is 0.766. The van der Waals surface area contributed by atoms with Gasteiger partial charge in [-0.1, -0.05) is 11.6 Å². The second-order valence-corrected chi connectivity index (χ2v) is 6.04. The molecule has 4 N–H and O–H groups in total. The van der Waals surface area contributed by atoms with Gasteiger partial charge in [-0.3, -0.25) is 9.59 Å². The van der Waals surface area contributed by atoms with Crippen molar-refractivity contribution in [1.29, 1.82) is 0 Å². The van der Waals surface area contributed by atoms with E-state index in [-0.39, 0.29) is 35.1 Å². The standard InChI is InChI=1S/C16H22ClN3O4/c1-23-13-7-10(6-12(17)15(13)24-9-14(19)21)16(22)20-5-3-2-4-11(20)8-18/h6-7,11H,2-5,8-9,18H2,1H3,(H2,19,21)/t11-/m1/s1. The van der Waals surface area contributed by atoms with Crippen molar-refractivity contribution in [3.8, 4) is 11.5 Å². The fraction of sp³-hybridized carbons (Fsp3) is 0.500. The Labute approximate surface area is 145 Å². The number of benzene rings is 1. The maximum absolute atomic E-state index is 12.8. The van der Waals surface area contributed by atoms with Gasteiger partial charge in [-0.15, -0.1) is 0 Å². The highest BCUT2D eigenvalue weighted by Gasteiger charge is 2.27. The number of carbonyl (C=O) groups excluding carboxylic acids is 2. The van der Waals surface area contributed by atoms with E-state index in [1.807, 2.05) is 0 Å². The second kappa shape index (κ2) is 8.21. The Hall–Kier alpha value is -1.99. The number of ether oxygens (including phenoxy) is 2. The minimum Gasteiger partial charge on any atom is -0.493 e. The number of piperidine rings is 1. The molecular weight excluding hydrogens is 334 g/mol. The topological polar surface area (TPSA) is 108 Å². The molecule has 0 bridgehead atoms. The molecule has 7 nitrogen and oxygen atoms in total. The molecule has 1 fully saturated rings. The monoisotopic (exact) mass is 355 g/mol. The lowest BCUT2D eigenvalue weighted by Gasteiger charge is -2.35. The van der Waals surface area contributed by atoms with Gasteiger partial charge in [0.2, 0.25) is 0 Å². The Morgan fingerprint density at radius 1 is 1.38 bits per heavy atom. The van der Waals surface area contributed by atoms with E-state index in [0.717, 1.165) is 19.3 Å². The highest BCUT2D eigenvalue weighted by Crippen LogP contribution is 2.37. The molecule has 2 amide bonds. The minimum atomic E-state index is -0.632. The van der Waals surface area contributed by atoms with Gasteiger partial charge in [0.05, 0.1) is 12.1 Å². The summed E-state index contributed by atoms with van der Waals surface area (Å²) in [5.41, 5.74) is 11.2. The van der Waals surface area contributed by atoms with Gasteiger partial charge in [0, 0.05) is 24.7 Å². The normalized spacial score (nSPS) is 17.5. The van der Waals surface area contributed by atoms with E-state index in [4.69, 9.17) is 32.5 Å². The van der Waals surface area contributed by atoms with Crippen molar-refractivity contribution < 1.29 is 19.1 Å². The first kappa shape index (κ1) is 18.4. The van der Waals surface area contributed by atoms with E-state index in [2.05, 4.69) is 0 Å². The maximum Gasteiger partial charge on any atom is 0.255 e. The Morgan fingerprint density at radius 2 is 2.12 bits per heavy atom. The van der Waals surface area contributed by atoms with Crippen LogP contribution in [-0.4, -0.2) is 49.6 Å². The zero-order valence-corrected chi connectivity index (χ0v) is 14.3. The van der Waals surface area contributed by atoms with E-state index in [1.54, 1.807) is 11.0 Å². The molecule has 132 valence electrons. The van der Waals surface area contributed by atoms with Crippen LogP contribution in [0, 0.1) is 0 Å². The number of nitrogens with zero attached hydrogens (tertiary/aromatic N) is 1. The van der Waals surface area contributed by atoms with Crippen LogP contribution in [0.4, 0.5) is 0 Å². The Kier molecular flexibility index (Phi) is 6.28. The zero-order chi connectivity index (χ0) is 17.7. The van der Waals surface area contributed by atoms with Crippen LogP contribution < -0.4 is 20.9 Å². The average Bonchev–Trinajstić information content (AvgIpc) is 2.59. The van der Waals surface area contributed by atoms with Crippen molar-refractivity contribution in [2.75, 3.05) is 26.8 Å². The fourth-order valence-corrected chi connectivity index (χ4v) is 3.07. The summed E-state index contributed by atoms with van der Waals surface area (Å²) in [4.78, 5) is 25.5. The molecule has 0 unspecified atom stereocenters. The second-order valence-electron chi connectivity index (χ2n) is 5.63. The first-order valence-corrected chi connectivity index (χ1v) is 8.15. The SMILES string of the molecule is COc1cc(C(=O)N2CCCC[C@@H]2CN)cc(Cl)c1OCC(N)=O. The van der Waals surface area contributed by atoms with Gasteiger partial charge >= 0.3 is 0 Å². The van der Waals surface area contributed by atoms with Crippen LogP contribution >= 0.6 is 11.6 Å². The van der Waals surface area contributed by atoms with Gasteiger partial charge in [0.1, 0.15) is 0 Å². The number of rotatable bonds is 6. The Bertz CT molecular complexity index is 624. The van der Waals surface area contributed by atoms with Crippen molar-refractivity contribution in [2.24, 2.45) is 11.5 Å². The Balaban J connectivity index is 2.28. The highest BCUT2D eigenvalue weighted by atomic mass is 35.5. The number of primary amides is 1. The molecule has 1 aromatic carbocycles. The molecule has 0 spiro atoms. The zero-order valence-electron chi connectivity index (χ0n) is 13.6. The summed E-state index contributed by atoms with van der Waals surface area (Å²) < 4.78 is 10.5. The van der Waals surface area contributed by atoms with E-state index >= 15 is 0 Å². The summed E-state index contributed by atoms with van der Waals surface area (Å²) in [5.74, 6) is -0.323. The number of hydrogen-bond donors (Lipinski definition) is 2. The lowest BCUT2D eigenvalue weighted by atomic mass is 10.0. The number of hydrogen-bond acceptors (Lipinski definition) is 5. The van der Waals surface area contributed by atoms with Crippen LogP contribution in [0.1, 0.15) is 29.6 Å². The lowest BCUT2D eigenvalue weighted by molar-refractivity contribution is -0.119. The first-order valence-electron chi connectivity index (χ1n) is 7.77. The predicted molar refractivity (Wildman–Crippen MR) is 90.4 cm³/mol. The van der Waals surface area contributed by atoms with Gasteiger partial charge < -0.3 is 25.8 Å². The third-order valence-corrected chi connectivity index (χ3v) is 4.28. The van der Waals surface area contributed by atoms with E-state index in [1.165, 1.54) is 13.2 Å². The largest absolute Gasteiger partial charge is 0.493 e. The molecule has 8 heteroatoms. The van der Waals surface area contributed by atoms with Gasteiger partial charge in [-0.2, -0.15) is 0 Å². The molecule has 2 rings (SSSR count). The smallest absolute Gasteiger partial charge is 0.255 e. The number of halogens is 1. The molecule has 0 aliphatic carbocycles. The van der Waals surface area contributed by atoms with E-state index < -0.39 is 5.91 Å². The van der Waals surface area contributed by atoms with Crippen molar-refractivity contribution in [3.63, 3.8) is 0 Å². The molecule has 1 aliphatic heterocycles. The molecule has 0 aromatic heterocycles. The number of amides is 2. The van der Waals surface area contributed by atoms with Gasteiger partial charge in [-0.25, -0.2) is 0 Å². The number of carbonyl (C=O) groups is 2. The van der Waals surface area contributed by atoms with Crippen LogP contribution in [0.3, 0.4) is 0 Å². The summed E-state index contributed by atoms with van der Waals surface area (Å²) in [6.07, 6.45) is 2.91. The van der Waals surface area contributed by atoms with Gasteiger partial charge in [-0.05, 0) is 31.4 Å². The molecule has 0 radical (unpaired) electrons. The Morgan fingerprint density at radius 3 is 2.75 bits per heavy atom. The van der Waals surface area contributed by atoms with Gasteiger partial charge in [0.15, 0.2) is 18.1 Å². The van der Waals surface area contributed by atoms with Crippen molar-refractivity contribution in [3.05, 3.63) is 22.7 Å². The number of methoxy groups -OCH3 is 1. The summed E-state index contributed by atoms with van der Waals surface area (Å²) in [6, 6.07) is 3.08. The van der Waals surface area contributed by atoms with Gasteiger partial charge in [0.25, 0.3) is 11.8 Å². The minimum absolute atomic E-state index is 0.0295. The van der Waals surface area contributed by atoms with E-state index in [0.29, 0.717) is 18.7 Å². The number of likely N-dealkylation sites (tertiary alicyclic amines) is 1. The third-order valence-electron chi connectivity index (χ3n) is 4.00. The van der Waals surface area contributed by atoms with Crippen LogP contribution in [0.5, 0.6) is 11.5 Å². The first-order chi connectivity index (χ1) is 11.5. The van der Waals surface area contributed by atoms with Crippen molar-refractivity contribution in [2.45, 2.75) is 25.3 Å². The molecule has 0 saturated carbocycles. The van der Waals surface area contributed by atoms with Crippen LogP contribution in [0.15, 0.2) is 12.1 Å². The van der Waals surface area contributed by atoms with E-state index in [9.17, 15) is 9.59 Å². The third kappa shape index (κ3) is 4.10. The molecule has 1 atom stereocenters. The molecule has 1 aliphatic rings. The molecular formula is C16H22ClN3O4. The lowest BCUT2D eigenvalue weighted by Crippen LogP contribution is -2.47.